The fraction of sp³-hybridized carbons (Fsp3) is 0.786. The number of hydrogen-bond acceptors (Lipinski definition) is 2. The van der Waals surface area contributed by atoms with Crippen LogP contribution in [-0.4, -0.2) is 17.5 Å². The molecule has 4 saturated carbocycles. The molecule has 0 radical (unpaired) electrons. The number of allylic oxidation sites excluding steroid dienone is 1. The minimum atomic E-state index is -4.76. The summed E-state index contributed by atoms with van der Waals surface area (Å²) in [6, 6.07) is 0. The molecule has 0 aliphatic heterocycles. The zero-order chi connectivity index (χ0) is 13.7. The second-order valence-electron chi connectivity index (χ2n) is 6.54. The van der Waals surface area contributed by atoms with E-state index in [0.29, 0.717) is 6.08 Å². The second-order valence-corrected chi connectivity index (χ2v) is 6.54. The molecule has 0 atom stereocenters. The third-order valence-electron chi connectivity index (χ3n) is 4.94. The van der Waals surface area contributed by atoms with Crippen LogP contribution in [-0.2, 0) is 4.79 Å². The molecule has 0 aromatic heterocycles. The maximum absolute atomic E-state index is 12.1. The molecule has 2 nitrogen and oxygen atoms in total. The molecule has 4 rings (SSSR count). The van der Waals surface area contributed by atoms with E-state index in [0.717, 1.165) is 37.0 Å². The maximum Gasteiger partial charge on any atom is 0.454 e. The van der Waals surface area contributed by atoms with E-state index in [9.17, 15) is 18.0 Å². The first-order valence-corrected chi connectivity index (χ1v) is 6.92. The molecule has 4 fully saturated rings. The smallest absolute Gasteiger partial charge is 0.385 e. The molecule has 0 amide bonds. The van der Waals surface area contributed by atoms with Gasteiger partial charge in [-0.05, 0) is 56.3 Å². The van der Waals surface area contributed by atoms with Crippen molar-refractivity contribution in [1.29, 1.82) is 0 Å². The van der Waals surface area contributed by atoms with Crippen LogP contribution in [0.2, 0.25) is 0 Å². The largest absolute Gasteiger partial charge is 0.454 e. The summed E-state index contributed by atoms with van der Waals surface area (Å²) in [5.41, 5.74) is -0.0445. The van der Waals surface area contributed by atoms with Crippen molar-refractivity contribution in [3.05, 3.63) is 12.3 Å². The minimum absolute atomic E-state index is 0.0445. The van der Waals surface area contributed by atoms with Crippen molar-refractivity contribution in [3.8, 4) is 0 Å². The molecule has 0 unspecified atom stereocenters. The van der Waals surface area contributed by atoms with Gasteiger partial charge in [0.05, 0.1) is 0 Å². The summed E-state index contributed by atoms with van der Waals surface area (Å²) in [5, 5.41) is 3.13. The molecule has 19 heavy (non-hydrogen) atoms. The fourth-order valence-corrected chi connectivity index (χ4v) is 4.68. The van der Waals surface area contributed by atoms with E-state index in [1.54, 1.807) is 0 Å². The zero-order valence-corrected chi connectivity index (χ0v) is 10.7. The van der Waals surface area contributed by atoms with Gasteiger partial charge >= 0.3 is 6.18 Å². The number of rotatable bonds is 3. The highest BCUT2D eigenvalue weighted by Gasteiger charge is 2.50. The van der Waals surface area contributed by atoms with Crippen molar-refractivity contribution in [2.45, 2.75) is 50.2 Å². The Hall–Kier alpha value is -1.00. The van der Waals surface area contributed by atoms with E-state index < -0.39 is 12.0 Å². The summed E-state index contributed by atoms with van der Waals surface area (Å²) in [5.74, 6) is 0.395. The molecule has 0 aromatic rings. The Bertz CT molecular complexity index is 378. The third kappa shape index (κ3) is 2.51. The second kappa shape index (κ2) is 4.25. The standard InChI is InChI=1S/C14H18F3NO/c15-14(16,17)12(19)1-2-18-13-6-9-3-10(7-13)5-11(4-9)8-13/h1-2,9-11,18H,3-8H2. The molecular formula is C14H18F3NO. The first-order chi connectivity index (χ1) is 8.86. The Morgan fingerprint density at radius 1 is 1.05 bits per heavy atom. The molecule has 0 saturated heterocycles. The Morgan fingerprint density at radius 3 is 1.95 bits per heavy atom. The van der Waals surface area contributed by atoms with E-state index in [1.165, 1.54) is 25.5 Å². The zero-order valence-electron chi connectivity index (χ0n) is 10.7. The number of nitrogens with one attached hydrogen (secondary N) is 1. The monoisotopic (exact) mass is 273 g/mol. The van der Waals surface area contributed by atoms with Gasteiger partial charge in [0.15, 0.2) is 0 Å². The first-order valence-electron chi connectivity index (χ1n) is 6.92. The quantitative estimate of drug-likeness (QED) is 0.800. The van der Waals surface area contributed by atoms with Crippen molar-refractivity contribution in [1.82, 2.24) is 5.32 Å². The van der Waals surface area contributed by atoms with Gasteiger partial charge in [-0.2, -0.15) is 13.2 Å². The SMILES string of the molecule is O=C(C=CNC12CC3CC(CC(C3)C1)C2)C(F)(F)F. The first kappa shape index (κ1) is 13.0. The van der Waals surface area contributed by atoms with Gasteiger partial charge in [0, 0.05) is 17.8 Å². The average molecular weight is 273 g/mol. The van der Waals surface area contributed by atoms with Crippen molar-refractivity contribution in [3.63, 3.8) is 0 Å². The highest BCUT2D eigenvalue weighted by atomic mass is 19.4. The lowest BCUT2D eigenvalue weighted by Crippen LogP contribution is -2.56. The predicted molar refractivity (Wildman–Crippen MR) is 64.2 cm³/mol. The third-order valence-corrected chi connectivity index (χ3v) is 4.94. The number of hydrogen-bond donors (Lipinski definition) is 1. The van der Waals surface area contributed by atoms with Gasteiger partial charge in [0.1, 0.15) is 0 Å². The molecular weight excluding hydrogens is 255 g/mol. The van der Waals surface area contributed by atoms with Gasteiger partial charge in [-0.1, -0.05) is 0 Å². The number of ketones is 1. The normalized spacial score (nSPS) is 40.9. The Morgan fingerprint density at radius 2 is 1.53 bits per heavy atom. The van der Waals surface area contributed by atoms with Crippen LogP contribution in [0.5, 0.6) is 0 Å². The van der Waals surface area contributed by atoms with Crippen LogP contribution >= 0.6 is 0 Å². The lowest BCUT2D eigenvalue weighted by atomic mass is 9.53. The van der Waals surface area contributed by atoms with Crippen molar-refractivity contribution in [2.75, 3.05) is 0 Å². The van der Waals surface area contributed by atoms with Crippen LogP contribution in [0.1, 0.15) is 38.5 Å². The highest BCUT2D eigenvalue weighted by molar-refractivity contribution is 5.94. The summed E-state index contributed by atoms with van der Waals surface area (Å²) in [4.78, 5) is 10.8. The van der Waals surface area contributed by atoms with Crippen LogP contribution < -0.4 is 5.32 Å². The summed E-state index contributed by atoms with van der Waals surface area (Å²) in [6.07, 6.45) is 4.07. The Balaban J connectivity index is 1.64. The summed E-state index contributed by atoms with van der Waals surface area (Å²) >= 11 is 0. The highest BCUT2D eigenvalue weighted by Crippen LogP contribution is 2.55. The van der Waals surface area contributed by atoms with Gasteiger partial charge < -0.3 is 5.32 Å². The van der Waals surface area contributed by atoms with Gasteiger partial charge in [-0.25, -0.2) is 0 Å². The summed E-state index contributed by atoms with van der Waals surface area (Å²) in [6.45, 7) is 0. The number of alkyl halides is 3. The van der Waals surface area contributed by atoms with E-state index in [-0.39, 0.29) is 5.54 Å². The Kier molecular flexibility index (Phi) is 2.91. The molecule has 0 aromatic carbocycles. The number of carbonyl (C=O) groups is 1. The lowest BCUT2D eigenvalue weighted by molar-refractivity contribution is -0.165. The minimum Gasteiger partial charge on any atom is -0.385 e. The van der Waals surface area contributed by atoms with Crippen LogP contribution in [0.4, 0.5) is 13.2 Å². The molecule has 0 spiro atoms. The van der Waals surface area contributed by atoms with Crippen LogP contribution in [0.15, 0.2) is 12.3 Å². The molecule has 4 aliphatic rings. The molecule has 5 heteroatoms. The van der Waals surface area contributed by atoms with Crippen molar-refractivity contribution in [2.24, 2.45) is 17.8 Å². The van der Waals surface area contributed by atoms with Crippen LogP contribution in [0, 0.1) is 17.8 Å². The van der Waals surface area contributed by atoms with Crippen LogP contribution in [0.3, 0.4) is 0 Å². The molecule has 4 bridgehead atoms. The maximum atomic E-state index is 12.1. The van der Waals surface area contributed by atoms with Gasteiger partial charge in [-0.15, -0.1) is 0 Å². The number of halogens is 3. The van der Waals surface area contributed by atoms with E-state index >= 15 is 0 Å². The van der Waals surface area contributed by atoms with E-state index in [1.807, 2.05) is 0 Å². The van der Waals surface area contributed by atoms with Crippen molar-refractivity contribution < 1.29 is 18.0 Å². The topological polar surface area (TPSA) is 29.1 Å². The lowest BCUT2D eigenvalue weighted by Gasteiger charge is -2.56. The van der Waals surface area contributed by atoms with Crippen molar-refractivity contribution >= 4 is 5.78 Å². The predicted octanol–water partition coefficient (Wildman–Crippen LogP) is 3.19. The summed E-state index contributed by atoms with van der Waals surface area (Å²) < 4.78 is 36.3. The summed E-state index contributed by atoms with van der Waals surface area (Å²) in [7, 11) is 0. The Labute approximate surface area is 110 Å². The molecule has 106 valence electrons. The molecule has 0 heterocycles. The number of carbonyl (C=O) groups excluding carboxylic acids is 1. The van der Waals surface area contributed by atoms with Gasteiger partial charge in [-0.3, -0.25) is 4.79 Å². The van der Waals surface area contributed by atoms with E-state index in [2.05, 4.69) is 5.32 Å². The van der Waals surface area contributed by atoms with Crippen LogP contribution in [0.25, 0.3) is 0 Å². The van der Waals surface area contributed by atoms with Gasteiger partial charge in [0.25, 0.3) is 5.78 Å². The molecule has 4 aliphatic carbocycles. The van der Waals surface area contributed by atoms with E-state index in [4.69, 9.17) is 0 Å². The average Bonchev–Trinajstić information content (AvgIpc) is 2.25. The fourth-order valence-electron chi connectivity index (χ4n) is 4.68. The molecule has 1 N–H and O–H groups in total. The van der Waals surface area contributed by atoms with Gasteiger partial charge in [0.2, 0.25) is 0 Å².